The molecule has 116 valence electrons. The Morgan fingerprint density at radius 3 is 2.67 bits per heavy atom. The Balaban J connectivity index is 2.03. The highest BCUT2D eigenvalue weighted by Crippen LogP contribution is 2.38. The van der Waals surface area contributed by atoms with Gasteiger partial charge in [0.15, 0.2) is 0 Å². The zero-order chi connectivity index (χ0) is 15.6. The number of rotatable bonds is 4. The Kier molecular flexibility index (Phi) is 4.46. The molecule has 1 aromatic rings. The summed E-state index contributed by atoms with van der Waals surface area (Å²) in [6.07, 6.45) is 1.25. The first-order chi connectivity index (χ1) is 9.89. The average molecular weight is 312 g/mol. The zero-order valence-electron chi connectivity index (χ0n) is 12.4. The van der Waals surface area contributed by atoms with Crippen LogP contribution in [0, 0.1) is 11.3 Å². The molecule has 0 aliphatic carbocycles. The number of aliphatic carboxylic acids is 1. The van der Waals surface area contributed by atoms with Gasteiger partial charge in [0.1, 0.15) is 5.01 Å². The molecule has 1 aliphatic rings. The van der Waals surface area contributed by atoms with Crippen LogP contribution in [0.25, 0.3) is 0 Å². The lowest BCUT2D eigenvalue weighted by Gasteiger charge is -2.28. The maximum Gasteiger partial charge on any atom is 0.323 e. The van der Waals surface area contributed by atoms with Crippen molar-refractivity contribution in [1.82, 2.24) is 15.1 Å². The van der Waals surface area contributed by atoms with Gasteiger partial charge in [-0.05, 0) is 18.8 Å². The molecular formula is C13H20N4O3S. The van der Waals surface area contributed by atoms with E-state index in [4.69, 9.17) is 0 Å². The van der Waals surface area contributed by atoms with Gasteiger partial charge in [-0.25, -0.2) is 4.79 Å². The lowest BCUT2D eigenvalue weighted by atomic mass is 9.76. The molecule has 1 aliphatic heterocycles. The predicted molar refractivity (Wildman–Crippen MR) is 79.4 cm³/mol. The first kappa shape index (κ1) is 15.7. The van der Waals surface area contributed by atoms with Crippen LogP contribution >= 0.6 is 11.3 Å². The molecule has 0 radical (unpaired) electrons. The summed E-state index contributed by atoms with van der Waals surface area (Å²) in [5.41, 5.74) is -0.854. The van der Waals surface area contributed by atoms with Gasteiger partial charge < -0.3 is 10.0 Å². The molecule has 1 saturated heterocycles. The molecule has 0 aromatic carbocycles. The summed E-state index contributed by atoms with van der Waals surface area (Å²) in [5.74, 6) is -0.863. The van der Waals surface area contributed by atoms with Crippen molar-refractivity contribution in [1.29, 1.82) is 0 Å². The van der Waals surface area contributed by atoms with Crippen LogP contribution in [0.2, 0.25) is 0 Å². The molecule has 8 heteroatoms. The van der Waals surface area contributed by atoms with Gasteiger partial charge in [0.05, 0.1) is 5.41 Å². The van der Waals surface area contributed by atoms with Crippen LogP contribution in [0.1, 0.15) is 32.2 Å². The Hall–Kier alpha value is -1.70. The van der Waals surface area contributed by atoms with Crippen molar-refractivity contribution in [2.75, 3.05) is 18.4 Å². The van der Waals surface area contributed by atoms with Gasteiger partial charge in [-0.1, -0.05) is 32.1 Å². The lowest BCUT2D eigenvalue weighted by Crippen LogP contribution is -2.41. The maximum atomic E-state index is 12.2. The Labute approximate surface area is 127 Å². The summed E-state index contributed by atoms with van der Waals surface area (Å²) in [6, 6.07) is -0.308. The Morgan fingerprint density at radius 2 is 2.19 bits per heavy atom. The van der Waals surface area contributed by atoms with E-state index in [9.17, 15) is 14.7 Å². The lowest BCUT2D eigenvalue weighted by molar-refractivity contribution is -0.150. The molecule has 21 heavy (non-hydrogen) atoms. The number of carbonyl (C=O) groups excluding carboxylic acids is 1. The number of amides is 2. The van der Waals surface area contributed by atoms with Crippen molar-refractivity contribution in [3.05, 3.63) is 5.01 Å². The largest absolute Gasteiger partial charge is 0.481 e. The molecule has 2 rings (SSSR count). The van der Waals surface area contributed by atoms with E-state index in [0.717, 1.165) is 11.4 Å². The summed E-state index contributed by atoms with van der Waals surface area (Å²) in [6.45, 7) is 6.40. The number of anilines is 1. The van der Waals surface area contributed by atoms with Crippen molar-refractivity contribution in [2.24, 2.45) is 11.3 Å². The third-order valence-electron chi connectivity index (χ3n) is 4.10. The second-order valence-electron chi connectivity index (χ2n) is 5.57. The highest BCUT2D eigenvalue weighted by atomic mass is 32.1. The number of aromatic nitrogens is 2. The number of nitrogens with zero attached hydrogens (tertiary/aromatic N) is 3. The van der Waals surface area contributed by atoms with E-state index in [1.165, 1.54) is 11.3 Å². The van der Waals surface area contributed by atoms with E-state index >= 15 is 0 Å². The van der Waals surface area contributed by atoms with E-state index in [-0.39, 0.29) is 18.5 Å². The normalized spacial score (nSPS) is 21.8. The molecule has 0 saturated carbocycles. The highest BCUT2D eigenvalue weighted by molar-refractivity contribution is 7.15. The minimum absolute atomic E-state index is 0.0268. The number of likely N-dealkylation sites (tertiary alicyclic amines) is 1. The van der Waals surface area contributed by atoms with Gasteiger partial charge in [-0.3, -0.25) is 10.1 Å². The second kappa shape index (κ2) is 5.97. The predicted octanol–water partition coefficient (Wildman–Crippen LogP) is 2.07. The van der Waals surface area contributed by atoms with Crippen molar-refractivity contribution in [3.8, 4) is 0 Å². The molecule has 0 bridgehead atoms. The summed E-state index contributed by atoms with van der Waals surface area (Å²) in [7, 11) is 0. The van der Waals surface area contributed by atoms with Crippen LogP contribution in [0.5, 0.6) is 0 Å². The molecule has 7 nitrogen and oxygen atoms in total. The van der Waals surface area contributed by atoms with Crippen LogP contribution in [-0.4, -0.2) is 45.3 Å². The monoisotopic (exact) mass is 312 g/mol. The third-order valence-corrected chi connectivity index (χ3v) is 5.09. The fraction of sp³-hybridized carbons (Fsp3) is 0.692. The standard InChI is InChI=1S/C13H20N4O3S/c1-4-9-15-16-11(21-9)14-12(20)17-6-5-13(7-17,8(2)3)10(18)19/h8H,4-7H2,1-3H3,(H,18,19)(H,14,16,20). The van der Waals surface area contributed by atoms with Crippen LogP contribution in [-0.2, 0) is 11.2 Å². The van der Waals surface area contributed by atoms with Gasteiger partial charge in [0.2, 0.25) is 5.13 Å². The topological polar surface area (TPSA) is 95.4 Å². The van der Waals surface area contributed by atoms with Gasteiger partial charge in [-0.15, -0.1) is 10.2 Å². The zero-order valence-corrected chi connectivity index (χ0v) is 13.2. The van der Waals surface area contributed by atoms with Crippen molar-refractivity contribution in [2.45, 2.75) is 33.6 Å². The number of urea groups is 1. The van der Waals surface area contributed by atoms with Gasteiger partial charge in [0.25, 0.3) is 0 Å². The number of carbonyl (C=O) groups is 2. The van der Waals surface area contributed by atoms with E-state index in [1.54, 1.807) is 4.90 Å². The fourth-order valence-electron chi connectivity index (χ4n) is 2.52. The number of nitrogens with one attached hydrogen (secondary N) is 1. The minimum atomic E-state index is -0.854. The van der Waals surface area contributed by atoms with E-state index in [1.807, 2.05) is 20.8 Å². The molecule has 2 amide bonds. The third kappa shape index (κ3) is 2.99. The second-order valence-corrected chi connectivity index (χ2v) is 6.63. The summed E-state index contributed by atoms with van der Waals surface area (Å²) in [4.78, 5) is 25.3. The highest BCUT2D eigenvalue weighted by Gasteiger charge is 2.48. The SMILES string of the molecule is CCc1nnc(NC(=O)N2CCC(C(=O)O)(C(C)C)C2)s1. The van der Waals surface area contributed by atoms with E-state index in [2.05, 4.69) is 15.5 Å². The first-order valence-electron chi connectivity index (χ1n) is 7.00. The number of carboxylic acid groups (broad SMARTS) is 1. The van der Waals surface area contributed by atoms with E-state index in [0.29, 0.717) is 18.1 Å². The average Bonchev–Trinajstić information content (AvgIpc) is 3.05. The number of carboxylic acids is 1. The molecule has 1 unspecified atom stereocenters. The van der Waals surface area contributed by atoms with Crippen molar-refractivity contribution in [3.63, 3.8) is 0 Å². The first-order valence-corrected chi connectivity index (χ1v) is 7.82. The maximum absolute atomic E-state index is 12.2. The van der Waals surface area contributed by atoms with Gasteiger partial charge >= 0.3 is 12.0 Å². The number of hydrogen-bond acceptors (Lipinski definition) is 5. The van der Waals surface area contributed by atoms with E-state index < -0.39 is 11.4 Å². The van der Waals surface area contributed by atoms with Gasteiger partial charge in [0, 0.05) is 13.1 Å². The quantitative estimate of drug-likeness (QED) is 0.887. The molecule has 2 heterocycles. The molecule has 1 fully saturated rings. The Morgan fingerprint density at radius 1 is 1.48 bits per heavy atom. The molecule has 1 atom stereocenters. The number of hydrogen-bond donors (Lipinski definition) is 2. The molecular weight excluding hydrogens is 292 g/mol. The number of aryl methyl sites for hydroxylation is 1. The molecule has 0 spiro atoms. The van der Waals surface area contributed by atoms with Crippen molar-refractivity contribution < 1.29 is 14.7 Å². The minimum Gasteiger partial charge on any atom is -0.481 e. The van der Waals surface area contributed by atoms with Crippen LogP contribution < -0.4 is 5.32 Å². The smallest absolute Gasteiger partial charge is 0.323 e. The summed E-state index contributed by atoms with van der Waals surface area (Å²) >= 11 is 1.34. The van der Waals surface area contributed by atoms with Crippen LogP contribution in [0.3, 0.4) is 0 Å². The van der Waals surface area contributed by atoms with Crippen LogP contribution in [0.15, 0.2) is 0 Å². The van der Waals surface area contributed by atoms with Gasteiger partial charge in [-0.2, -0.15) is 0 Å². The molecule has 1 aromatic heterocycles. The molecule has 2 N–H and O–H groups in total. The summed E-state index contributed by atoms with van der Waals surface area (Å²) < 4.78 is 0. The van der Waals surface area contributed by atoms with Crippen LogP contribution in [0.4, 0.5) is 9.93 Å². The summed E-state index contributed by atoms with van der Waals surface area (Å²) in [5, 5.41) is 21.3. The van der Waals surface area contributed by atoms with Crippen molar-refractivity contribution >= 4 is 28.5 Å². The fourth-order valence-corrected chi connectivity index (χ4v) is 3.19. The Bertz CT molecular complexity index is 545.